The molecule has 0 amide bonds. The van der Waals surface area contributed by atoms with Gasteiger partial charge in [-0.1, -0.05) is 12.8 Å². The first-order valence-corrected chi connectivity index (χ1v) is 7.02. The second-order valence-electron chi connectivity index (χ2n) is 6.55. The van der Waals surface area contributed by atoms with Crippen LogP contribution in [0.2, 0.25) is 0 Å². The number of hydrogen-bond donors (Lipinski definition) is 1. The summed E-state index contributed by atoms with van der Waals surface area (Å²) in [5.41, 5.74) is 0.340. The van der Waals surface area contributed by atoms with Gasteiger partial charge in [-0.15, -0.1) is 0 Å². The minimum absolute atomic E-state index is 0.340. The molecule has 1 saturated carbocycles. The first-order valence-electron chi connectivity index (χ1n) is 7.02. The fraction of sp³-hybridized carbons (Fsp3) is 1.00. The van der Waals surface area contributed by atoms with Gasteiger partial charge in [-0.05, 0) is 59.0 Å². The van der Waals surface area contributed by atoms with Crippen molar-refractivity contribution in [3.05, 3.63) is 0 Å². The van der Waals surface area contributed by atoms with E-state index in [0.717, 1.165) is 12.0 Å². The summed E-state index contributed by atoms with van der Waals surface area (Å²) in [6.07, 6.45) is 8.51. The average Bonchev–Trinajstić information content (AvgIpc) is 2.69. The number of nitrogens with one attached hydrogen (secondary N) is 1. The summed E-state index contributed by atoms with van der Waals surface area (Å²) in [6.45, 7) is 7.19. The van der Waals surface area contributed by atoms with Crippen LogP contribution in [-0.4, -0.2) is 36.6 Å². The Hall–Kier alpha value is -0.0800. The first kappa shape index (κ1) is 12.4. The van der Waals surface area contributed by atoms with Crippen molar-refractivity contribution < 1.29 is 0 Å². The molecular weight excluding hydrogens is 196 g/mol. The van der Waals surface area contributed by atoms with E-state index in [-0.39, 0.29) is 0 Å². The van der Waals surface area contributed by atoms with Crippen LogP contribution in [0.5, 0.6) is 0 Å². The van der Waals surface area contributed by atoms with E-state index >= 15 is 0 Å². The maximum Gasteiger partial charge on any atom is 0.0140 e. The van der Waals surface area contributed by atoms with Crippen molar-refractivity contribution >= 4 is 0 Å². The fourth-order valence-corrected chi connectivity index (χ4v) is 3.47. The Labute approximate surface area is 101 Å². The highest BCUT2D eigenvalue weighted by atomic mass is 15.2. The molecule has 0 radical (unpaired) electrons. The molecule has 1 N–H and O–H groups in total. The largest absolute Gasteiger partial charge is 0.312 e. The van der Waals surface area contributed by atoms with Crippen LogP contribution in [0.25, 0.3) is 0 Å². The zero-order valence-corrected chi connectivity index (χ0v) is 11.3. The lowest BCUT2D eigenvalue weighted by atomic mass is 9.88. The Kier molecular flexibility index (Phi) is 3.91. The van der Waals surface area contributed by atoms with Crippen LogP contribution in [0.1, 0.15) is 52.4 Å². The van der Waals surface area contributed by atoms with Gasteiger partial charge in [0.15, 0.2) is 0 Å². The molecule has 1 aliphatic heterocycles. The summed E-state index contributed by atoms with van der Waals surface area (Å²) < 4.78 is 0. The van der Waals surface area contributed by atoms with Gasteiger partial charge in [0.2, 0.25) is 0 Å². The van der Waals surface area contributed by atoms with E-state index in [9.17, 15) is 0 Å². The molecule has 0 spiro atoms. The fourth-order valence-electron chi connectivity index (χ4n) is 3.47. The van der Waals surface area contributed by atoms with Crippen molar-refractivity contribution in [3.8, 4) is 0 Å². The third-order valence-corrected chi connectivity index (χ3v) is 4.47. The number of piperidine rings is 1. The third kappa shape index (κ3) is 3.21. The maximum absolute atomic E-state index is 3.61. The van der Waals surface area contributed by atoms with Crippen molar-refractivity contribution in [1.29, 1.82) is 0 Å². The van der Waals surface area contributed by atoms with E-state index in [2.05, 4.69) is 31.1 Å². The van der Waals surface area contributed by atoms with Gasteiger partial charge in [0.1, 0.15) is 0 Å². The molecule has 1 aliphatic carbocycles. The summed E-state index contributed by atoms with van der Waals surface area (Å²) in [6, 6.07) is 0.803. The van der Waals surface area contributed by atoms with Crippen LogP contribution in [0.4, 0.5) is 0 Å². The van der Waals surface area contributed by atoms with Crippen molar-refractivity contribution in [3.63, 3.8) is 0 Å². The monoisotopic (exact) mass is 224 g/mol. The van der Waals surface area contributed by atoms with E-state index in [1.165, 1.54) is 51.6 Å². The Balaban J connectivity index is 1.81. The highest BCUT2D eigenvalue weighted by Crippen LogP contribution is 2.28. The Morgan fingerprint density at radius 3 is 2.50 bits per heavy atom. The molecule has 0 aromatic rings. The minimum atomic E-state index is 0.340. The summed E-state index contributed by atoms with van der Waals surface area (Å²) in [7, 11) is 2.34. The summed E-state index contributed by atoms with van der Waals surface area (Å²) in [5, 5.41) is 3.61. The highest BCUT2D eigenvalue weighted by Gasteiger charge is 2.30. The topological polar surface area (TPSA) is 15.3 Å². The van der Waals surface area contributed by atoms with Gasteiger partial charge in [0.25, 0.3) is 0 Å². The number of nitrogens with zero attached hydrogens (tertiary/aromatic N) is 1. The van der Waals surface area contributed by atoms with Crippen LogP contribution in [0.15, 0.2) is 0 Å². The van der Waals surface area contributed by atoms with E-state index in [1.54, 1.807) is 0 Å². The van der Waals surface area contributed by atoms with Gasteiger partial charge in [-0.25, -0.2) is 0 Å². The van der Waals surface area contributed by atoms with Crippen molar-refractivity contribution in [2.75, 3.05) is 20.1 Å². The molecule has 0 bridgehead atoms. The molecule has 2 rings (SSSR count). The molecule has 0 aromatic heterocycles. The summed E-state index contributed by atoms with van der Waals surface area (Å²) in [5.74, 6) is 0.989. The van der Waals surface area contributed by atoms with Crippen molar-refractivity contribution in [2.24, 2.45) is 5.92 Å². The van der Waals surface area contributed by atoms with Gasteiger partial charge in [0.05, 0.1) is 0 Å². The van der Waals surface area contributed by atoms with Gasteiger partial charge < -0.3 is 10.2 Å². The predicted octanol–water partition coefficient (Wildman–Crippen LogP) is 2.64. The average molecular weight is 224 g/mol. The quantitative estimate of drug-likeness (QED) is 0.793. The molecular formula is C14H28N2. The van der Waals surface area contributed by atoms with E-state index in [0.29, 0.717) is 5.54 Å². The lowest BCUT2D eigenvalue weighted by Gasteiger charge is -2.41. The molecule has 1 unspecified atom stereocenters. The minimum Gasteiger partial charge on any atom is -0.312 e. The number of rotatable bonds is 3. The summed E-state index contributed by atoms with van der Waals surface area (Å²) in [4.78, 5) is 2.64. The molecule has 1 atom stereocenters. The Bertz CT molecular complexity index is 219. The smallest absolute Gasteiger partial charge is 0.0140 e. The van der Waals surface area contributed by atoms with Crippen molar-refractivity contribution in [1.82, 2.24) is 10.2 Å². The van der Waals surface area contributed by atoms with E-state index in [1.807, 2.05) is 0 Å². The van der Waals surface area contributed by atoms with Crippen molar-refractivity contribution in [2.45, 2.75) is 64.0 Å². The normalized spacial score (nSPS) is 31.1. The van der Waals surface area contributed by atoms with Gasteiger partial charge in [0, 0.05) is 18.1 Å². The van der Waals surface area contributed by atoms with E-state index in [4.69, 9.17) is 0 Å². The molecule has 2 nitrogen and oxygen atoms in total. The van der Waals surface area contributed by atoms with Crippen LogP contribution in [0.3, 0.4) is 0 Å². The van der Waals surface area contributed by atoms with Crippen LogP contribution < -0.4 is 5.32 Å². The molecule has 0 aromatic carbocycles. The van der Waals surface area contributed by atoms with E-state index < -0.39 is 0 Å². The molecule has 16 heavy (non-hydrogen) atoms. The maximum atomic E-state index is 3.61. The Morgan fingerprint density at radius 1 is 1.19 bits per heavy atom. The SMILES string of the molecule is CN(CC1CCCC1)C1CCNC(C)(C)C1. The molecule has 2 fully saturated rings. The molecule has 1 saturated heterocycles. The Morgan fingerprint density at radius 2 is 1.88 bits per heavy atom. The van der Waals surface area contributed by atoms with Gasteiger partial charge in [-0.2, -0.15) is 0 Å². The molecule has 2 heteroatoms. The third-order valence-electron chi connectivity index (χ3n) is 4.47. The second-order valence-corrected chi connectivity index (χ2v) is 6.55. The van der Waals surface area contributed by atoms with Crippen LogP contribution in [-0.2, 0) is 0 Å². The zero-order valence-electron chi connectivity index (χ0n) is 11.3. The lowest BCUT2D eigenvalue weighted by Crippen LogP contribution is -2.52. The zero-order chi connectivity index (χ0) is 11.6. The van der Waals surface area contributed by atoms with Gasteiger partial charge in [-0.3, -0.25) is 0 Å². The lowest BCUT2D eigenvalue weighted by molar-refractivity contribution is 0.128. The number of hydrogen-bond acceptors (Lipinski definition) is 2. The first-order chi connectivity index (χ1) is 7.57. The molecule has 1 heterocycles. The highest BCUT2D eigenvalue weighted by molar-refractivity contribution is 4.90. The molecule has 94 valence electrons. The molecule has 2 aliphatic rings. The van der Waals surface area contributed by atoms with Crippen LogP contribution >= 0.6 is 0 Å². The van der Waals surface area contributed by atoms with Gasteiger partial charge >= 0.3 is 0 Å². The predicted molar refractivity (Wildman–Crippen MR) is 69.7 cm³/mol. The summed E-state index contributed by atoms with van der Waals surface area (Å²) >= 11 is 0. The standard InChI is InChI=1S/C14H28N2/c1-14(2)10-13(8-9-15-14)16(3)11-12-6-4-5-7-12/h12-13,15H,4-11H2,1-3H3. The second kappa shape index (κ2) is 5.05. The van der Waals surface area contributed by atoms with Crippen LogP contribution in [0, 0.1) is 5.92 Å².